The monoisotopic (exact) mass is 334 g/mol. The van der Waals surface area contributed by atoms with Crippen molar-refractivity contribution in [2.24, 2.45) is 17.6 Å². The molecule has 24 heavy (non-hydrogen) atoms. The van der Waals surface area contributed by atoms with Gasteiger partial charge in [0.25, 0.3) is 5.91 Å². The first-order valence-electron chi connectivity index (χ1n) is 8.95. The molecular formula is C19H27FN2O2. The number of nitrogens with zero attached hydrogens (tertiary/aromatic N) is 1. The first kappa shape index (κ1) is 17.4. The van der Waals surface area contributed by atoms with E-state index in [2.05, 4.69) is 0 Å². The van der Waals surface area contributed by atoms with E-state index in [0.717, 1.165) is 19.4 Å². The lowest BCUT2D eigenvalue weighted by atomic mass is 9.92. The van der Waals surface area contributed by atoms with Crippen molar-refractivity contribution >= 4 is 5.91 Å². The van der Waals surface area contributed by atoms with E-state index in [0.29, 0.717) is 36.1 Å². The highest BCUT2D eigenvalue weighted by atomic mass is 19.1. The standard InChI is InChI=1S/C19H27FN2O2/c1-13(21)16-3-2-8-22(10-16)19(23)15-6-7-18(20)17(9-15)12-24-11-14-4-5-14/h6-7,9,13-14,16H,2-5,8,10-12,21H2,1H3. The molecule has 1 aromatic rings. The van der Waals surface area contributed by atoms with Crippen molar-refractivity contribution in [1.82, 2.24) is 4.90 Å². The molecule has 1 amide bonds. The predicted octanol–water partition coefficient (Wildman–Crippen LogP) is 2.95. The van der Waals surface area contributed by atoms with Crippen LogP contribution in [0, 0.1) is 17.7 Å². The maximum absolute atomic E-state index is 14.0. The number of likely N-dealkylation sites (tertiary alicyclic amines) is 1. The molecule has 2 unspecified atom stereocenters. The summed E-state index contributed by atoms with van der Waals surface area (Å²) in [4.78, 5) is 14.6. The third-order valence-electron chi connectivity index (χ3n) is 5.09. The topological polar surface area (TPSA) is 55.6 Å². The van der Waals surface area contributed by atoms with Crippen LogP contribution in [0.2, 0.25) is 0 Å². The maximum atomic E-state index is 14.0. The van der Waals surface area contributed by atoms with Gasteiger partial charge in [-0.05, 0) is 62.6 Å². The molecule has 132 valence electrons. The number of piperidine rings is 1. The van der Waals surface area contributed by atoms with Crippen LogP contribution in [0.5, 0.6) is 0 Å². The lowest BCUT2D eigenvalue weighted by molar-refractivity contribution is 0.0660. The number of amides is 1. The molecule has 0 radical (unpaired) electrons. The number of rotatable bonds is 6. The van der Waals surface area contributed by atoms with Crippen LogP contribution in [0.3, 0.4) is 0 Å². The zero-order chi connectivity index (χ0) is 17.1. The van der Waals surface area contributed by atoms with E-state index in [4.69, 9.17) is 10.5 Å². The number of carbonyl (C=O) groups excluding carboxylic acids is 1. The fourth-order valence-electron chi connectivity index (χ4n) is 3.24. The van der Waals surface area contributed by atoms with Gasteiger partial charge in [-0.25, -0.2) is 4.39 Å². The summed E-state index contributed by atoms with van der Waals surface area (Å²) in [6.45, 7) is 4.33. The first-order chi connectivity index (χ1) is 11.5. The number of carbonyl (C=O) groups is 1. The molecule has 1 aliphatic heterocycles. The van der Waals surface area contributed by atoms with Gasteiger partial charge in [0, 0.05) is 36.9 Å². The number of nitrogens with two attached hydrogens (primary N) is 1. The van der Waals surface area contributed by atoms with Crippen molar-refractivity contribution in [3.05, 3.63) is 35.1 Å². The van der Waals surface area contributed by atoms with Crippen molar-refractivity contribution in [3.8, 4) is 0 Å². The largest absolute Gasteiger partial charge is 0.376 e. The van der Waals surface area contributed by atoms with Crippen LogP contribution in [0.15, 0.2) is 18.2 Å². The third kappa shape index (κ3) is 4.33. The van der Waals surface area contributed by atoms with Crippen molar-refractivity contribution in [3.63, 3.8) is 0 Å². The summed E-state index contributed by atoms with van der Waals surface area (Å²) in [6, 6.07) is 4.66. The van der Waals surface area contributed by atoms with Gasteiger partial charge in [-0.1, -0.05) is 0 Å². The van der Waals surface area contributed by atoms with Crippen LogP contribution in [0.1, 0.15) is 48.5 Å². The molecule has 0 aromatic heterocycles. The van der Waals surface area contributed by atoms with Gasteiger partial charge in [0.2, 0.25) is 0 Å². The zero-order valence-electron chi connectivity index (χ0n) is 14.3. The second kappa shape index (κ2) is 7.62. The summed E-state index contributed by atoms with van der Waals surface area (Å²) in [6.07, 6.45) is 4.44. The minimum Gasteiger partial charge on any atom is -0.376 e. The van der Waals surface area contributed by atoms with Crippen LogP contribution in [-0.2, 0) is 11.3 Å². The van der Waals surface area contributed by atoms with Gasteiger partial charge >= 0.3 is 0 Å². The number of benzene rings is 1. The number of halogens is 1. The van der Waals surface area contributed by atoms with Gasteiger partial charge in [0.15, 0.2) is 0 Å². The minimum atomic E-state index is -0.311. The average Bonchev–Trinajstić information content (AvgIpc) is 3.40. The molecule has 2 N–H and O–H groups in total. The summed E-state index contributed by atoms with van der Waals surface area (Å²) in [5.74, 6) is 0.629. The zero-order valence-corrected chi connectivity index (χ0v) is 14.3. The van der Waals surface area contributed by atoms with Gasteiger partial charge in [0.1, 0.15) is 5.82 Å². The molecule has 3 rings (SSSR count). The SMILES string of the molecule is CC(N)C1CCCN(C(=O)c2ccc(F)c(COCC3CC3)c2)C1. The van der Waals surface area contributed by atoms with Crippen LogP contribution in [-0.4, -0.2) is 36.5 Å². The highest BCUT2D eigenvalue weighted by molar-refractivity contribution is 5.94. The molecule has 4 nitrogen and oxygen atoms in total. The van der Waals surface area contributed by atoms with Crippen LogP contribution >= 0.6 is 0 Å². The molecule has 1 saturated heterocycles. The number of ether oxygens (including phenoxy) is 1. The highest BCUT2D eigenvalue weighted by Gasteiger charge is 2.27. The third-order valence-corrected chi connectivity index (χ3v) is 5.09. The Balaban J connectivity index is 1.65. The van der Waals surface area contributed by atoms with E-state index in [9.17, 15) is 9.18 Å². The molecule has 0 bridgehead atoms. The van der Waals surface area contributed by atoms with E-state index < -0.39 is 0 Å². The Labute approximate surface area is 143 Å². The van der Waals surface area contributed by atoms with E-state index in [1.54, 1.807) is 12.1 Å². The van der Waals surface area contributed by atoms with Crippen LogP contribution in [0.4, 0.5) is 4.39 Å². The minimum absolute atomic E-state index is 0.0382. The second-order valence-corrected chi connectivity index (χ2v) is 7.28. The smallest absolute Gasteiger partial charge is 0.253 e. The lowest BCUT2D eigenvalue weighted by Gasteiger charge is -2.34. The van der Waals surface area contributed by atoms with E-state index in [-0.39, 0.29) is 24.4 Å². The average molecular weight is 334 g/mol. The molecule has 1 heterocycles. The molecule has 1 saturated carbocycles. The van der Waals surface area contributed by atoms with Gasteiger partial charge in [-0.15, -0.1) is 0 Å². The maximum Gasteiger partial charge on any atom is 0.253 e. The number of hydrogen-bond acceptors (Lipinski definition) is 3. The summed E-state index contributed by atoms with van der Waals surface area (Å²) in [7, 11) is 0. The predicted molar refractivity (Wildman–Crippen MR) is 91.1 cm³/mol. The molecular weight excluding hydrogens is 307 g/mol. The van der Waals surface area contributed by atoms with Crippen molar-refractivity contribution in [2.75, 3.05) is 19.7 Å². The van der Waals surface area contributed by atoms with Gasteiger partial charge in [0.05, 0.1) is 6.61 Å². The van der Waals surface area contributed by atoms with Crippen molar-refractivity contribution in [1.29, 1.82) is 0 Å². The first-order valence-corrected chi connectivity index (χ1v) is 8.95. The Morgan fingerprint density at radius 1 is 1.42 bits per heavy atom. The quantitative estimate of drug-likeness (QED) is 0.870. The molecule has 2 atom stereocenters. The van der Waals surface area contributed by atoms with Gasteiger partial charge in [-0.3, -0.25) is 4.79 Å². The molecule has 2 aliphatic rings. The van der Waals surface area contributed by atoms with Crippen LogP contribution in [0.25, 0.3) is 0 Å². The fourth-order valence-corrected chi connectivity index (χ4v) is 3.24. The van der Waals surface area contributed by atoms with E-state index in [1.165, 1.54) is 18.9 Å². The van der Waals surface area contributed by atoms with E-state index >= 15 is 0 Å². The molecule has 0 spiro atoms. The Hall–Kier alpha value is -1.46. The highest BCUT2D eigenvalue weighted by Crippen LogP contribution is 2.29. The lowest BCUT2D eigenvalue weighted by Crippen LogP contribution is -2.45. The summed E-state index contributed by atoms with van der Waals surface area (Å²) in [5, 5.41) is 0. The Bertz CT molecular complexity index is 587. The summed E-state index contributed by atoms with van der Waals surface area (Å²) in [5.41, 5.74) is 6.99. The van der Waals surface area contributed by atoms with Crippen molar-refractivity contribution < 1.29 is 13.9 Å². The number of hydrogen-bond donors (Lipinski definition) is 1. The molecule has 2 fully saturated rings. The Kier molecular flexibility index (Phi) is 5.51. The Morgan fingerprint density at radius 3 is 2.92 bits per heavy atom. The normalized spacial score (nSPS) is 22.5. The molecule has 1 aliphatic carbocycles. The fraction of sp³-hybridized carbons (Fsp3) is 0.632. The van der Waals surface area contributed by atoms with Crippen molar-refractivity contribution in [2.45, 2.75) is 45.3 Å². The summed E-state index contributed by atoms with van der Waals surface area (Å²) >= 11 is 0. The van der Waals surface area contributed by atoms with Crippen LogP contribution < -0.4 is 5.73 Å². The van der Waals surface area contributed by atoms with Gasteiger partial charge in [-0.2, -0.15) is 0 Å². The Morgan fingerprint density at radius 2 is 2.21 bits per heavy atom. The van der Waals surface area contributed by atoms with E-state index in [1.807, 2.05) is 11.8 Å². The second-order valence-electron chi connectivity index (χ2n) is 7.28. The molecule has 5 heteroatoms. The summed E-state index contributed by atoms with van der Waals surface area (Å²) < 4.78 is 19.5. The van der Waals surface area contributed by atoms with Gasteiger partial charge < -0.3 is 15.4 Å². The molecule has 1 aromatic carbocycles.